The number of nitriles is 1. The molecule has 2 aromatic carbocycles. The fourth-order valence-electron chi connectivity index (χ4n) is 1.75. The van der Waals surface area contributed by atoms with Crippen molar-refractivity contribution in [3.8, 4) is 6.07 Å². The predicted molar refractivity (Wildman–Crippen MR) is 91.2 cm³/mol. The molecule has 0 aliphatic heterocycles. The van der Waals surface area contributed by atoms with Gasteiger partial charge in [-0.15, -0.1) is 0 Å². The van der Waals surface area contributed by atoms with Crippen molar-refractivity contribution in [3.63, 3.8) is 0 Å². The first-order valence-electron chi connectivity index (χ1n) is 6.97. The lowest BCUT2D eigenvalue weighted by Gasteiger charge is -2.05. The maximum Gasteiger partial charge on any atom is 0.331 e. The van der Waals surface area contributed by atoms with Gasteiger partial charge in [0.25, 0.3) is 5.91 Å². The van der Waals surface area contributed by atoms with Crippen molar-refractivity contribution < 1.29 is 14.3 Å². The van der Waals surface area contributed by atoms with Crippen LogP contribution in [0.25, 0.3) is 6.08 Å². The molecule has 5 nitrogen and oxygen atoms in total. The Balaban J connectivity index is 1.79. The smallest absolute Gasteiger partial charge is 0.331 e. The average Bonchev–Trinajstić information content (AvgIpc) is 2.60. The van der Waals surface area contributed by atoms with Gasteiger partial charge < -0.3 is 10.1 Å². The number of nitrogens with zero attached hydrogens (tertiary/aromatic N) is 1. The fraction of sp³-hybridized carbons (Fsp3) is 0.0556. The number of nitrogens with one attached hydrogen (secondary N) is 1. The first-order valence-corrected chi connectivity index (χ1v) is 7.35. The minimum absolute atomic E-state index is 0.390. The number of anilines is 1. The Morgan fingerprint density at radius 3 is 2.42 bits per heavy atom. The van der Waals surface area contributed by atoms with Crippen LogP contribution >= 0.6 is 11.6 Å². The van der Waals surface area contributed by atoms with Gasteiger partial charge in [0.15, 0.2) is 6.61 Å². The Morgan fingerprint density at radius 2 is 1.79 bits per heavy atom. The maximum absolute atomic E-state index is 11.7. The molecule has 0 aliphatic rings. The van der Waals surface area contributed by atoms with Crippen LogP contribution in [0.2, 0.25) is 5.02 Å². The minimum atomic E-state index is -0.634. The molecule has 1 amide bonds. The van der Waals surface area contributed by atoms with Gasteiger partial charge in [-0.2, -0.15) is 5.26 Å². The molecule has 0 heterocycles. The highest BCUT2D eigenvalue weighted by Gasteiger charge is 2.05. The summed E-state index contributed by atoms with van der Waals surface area (Å²) < 4.78 is 4.85. The molecule has 0 unspecified atom stereocenters. The molecular formula is C18H13ClN2O3. The summed E-state index contributed by atoms with van der Waals surface area (Å²) in [6, 6.07) is 15.3. The van der Waals surface area contributed by atoms with Crippen LogP contribution in [-0.2, 0) is 14.3 Å². The van der Waals surface area contributed by atoms with Gasteiger partial charge in [0.1, 0.15) is 0 Å². The third kappa shape index (κ3) is 5.59. The quantitative estimate of drug-likeness (QED) is 0.668. The Labute approximate surface area is 144 Å². The molecule has 6 heteroatoms. The van der Waals surface area contributed by atoms with E-state index in [2.05, 4.69) is 5.32 Å². The van der Waals surface area contributed by atoms with E-state index in [1.807, 2.05) is 6.07 Å². The van der Waals surface area contributed by atoms with E-state index in [4.69, 9.17) is 21.6 Å². The summed E-state index contributed by atoms with van der Waals surface area (Å²) in [5, 5.41) is 11.8. The van der Waals surface area contributed by atoms with E-state index >= 15 is 0 Å². The van der Waals surface area contributed by atoms with E-state index in [0.717, 1.165) is 5.56 Å². The number of hydrogen-bond donors (Lipinski definition) is 1. The predicted octanol–water partition coefficient (Wildman–Crippen LogP) is 3.41. The van der Waals surface area contributed by atoms with Gasteiger partial charge in [-0.3, -0.25) is 4.79 Å². The molecule has 0 bridgehead atoms. The maximum atomic E-state index is 11.7. The number of carbonyl (C=O) groups is 2. The average molecular weight is 341 g/mol. The number of esters is 1. The first kappa shape index (κ1) is 17.3. The second-order valence-electron chi connectivity index (χ2n) is 4.73. The summed E-state index contributed by atoms with van der Waals surface area (Å²) in [5.74, 6) is -1.08. The Hall–Kier alpha value is -3.10. The van der Waals surface area contributed by atoms with Gasteiger partial charge in [0, 0.05) is 16.8 Å². The van der Waals surface area contributed by atoms with E-state index in [0.29, 0.717) is 16.3 Å². The van der Waals surface area contributed by atoms with E-state index < -0.39 is 11.9 Å². The van der Waals surface area contributed by atoms with E-state index in [1.165, 1.54) is 6.08 Å². The minimum Gasteiger partial charge on any atom is -0.452 e. The first-order chi connectivity index (χ1) is 11.6. The molecule has 0 aromatic heterocycles. The van der Waals surface area contributed by atoms with Crippen LogP contribution in [0.1, 0.15) is 11.1 Å². The zero-order valence-corrected chi connectivity index (χ0v) is 13.3. The number of benzene rings is 2. The lowest BCUT2D eigenvalue weighted by atomic mass is 10.1. The van der Waals surface area contributed by atoms with Gasteiger partial charge in [-0.25, -0.2) is 4.79 Å². The van der Waals surface area contributed by atoms with Crippen molar-refractivity contribution >= 4 is 35.2 Å². The molecule has 24 heavy (non-hydrogen) atoms. The lowest BCUT2D eigenvalue weighted by molar-refractivity contribution is -0.142. The lowest BCUT2D eigenvalue weighted by Crippen LogP contribution is -2.20. The number of hydrogen-bond acceptors (Lipinski definition) is 4. The highest BCUT2D eigenvalue weighted by atomic mass is 35.5. The second-order valence-corrected chi connectivity index (χ2v) is 5.17. The third-order valence-electron chi connectivity index (χ3n) is 2.93. The second kappa shape index (κ2) is 8.51. The molecule has 0 spiro atoms. The van der Waals surface area contributed by atoms with Crippen LogP contribution in [-0.4, -0.2) is 18.5 Å². The fourth-order valence-corrected chi connectivity index (χ4v) is 1.87. The van der Waals surface area contributed by atoms with Crippen LogP contribution in [0.4, 0.5) is 5.69 Å². The normalized spacial score (nSPS) is 10.2. The molecule has 0 atom stereocenters. The molecule has 0 radical (unpaired) electrons. The van der Waals surface area contributed by atoms with Crippen molar-refractivity contribution in [2.24, 2.45) is 0 Å². The molecule has 1 N–H and O–H groups in total. The van der Waals surface area contributed by atoms with E-state index in [1.54, 1.807) is 54.6 Å². The monoisotopic (exact) mass is 340 g/mol. The number of amides is 1. The third-order valence-corrected chi connectivity index (χ3v) is 3.18. The molecule has 0 aliphatic carbocycles. The molecule has 0 fully saturated rings. The zero-order chi connectivity index (χ0) is 17.4. The summed E-state index contributed by atoms with van der Waals surface area (Å²) in [5.41, 5.74) is 1.85. The van der Waals surface area contributed by atoms with Gasteiger partial charge in [0.05, 0.1) is 11.6 Å². The highest BCUT2D eigenvalue weighted by Crippen LogP contribution is 2.13. The highest BCUT2D eigenvalue weighted by molar-refractivity contribution is 6.30. The van der Waals surface area contributed by atoms with Crippen molar-refractivity contribution in [1.29, 1.82) is 5.26 Å². The molecule has 2 rings (SSSR count). The van der Waals surface area contributed by atoms with Crippen molar-refractivity contribution in [1.82, 2.24) is 0 Å². The van der Waals surface area contributed by atoms with Gasteiger partial charge >= 0.3 is 5.97 Å². The number of rotatable bonds is 5. The summed E-state index contributed by atoms with van der Waals surface area (Å²) in [6.07, 6.45) is 2.76. The van der Waals surface area contributed by atoms with E-state index in [-0.39, 0.29) is 6.61 Å². The van der Waals surface area contributed by atoms with Crippen LogP contribution in [0.3, 0.4) is 0 Å². The standard InChI is InChI=1S/C18H13ClN2O3/c19-15-6-8-16(9-7-15)21-17(22)12-24-18(23)10-5-13-1-3-14(11-20)4-2-13/h1-10H,12H2,(H,21,22)/b10-5+. The Kier molecular flexibility index (Phi) is 6.12. The van der Waals surface area contributed by atoms with Crippen LogP contribution in [0.5, 0.6) is 0 Å². The van der Waals surface area contributed by atoms with Crippen LogP contribution < -0.4 is 5.32 Å². The van der Waals surface area contributed by atoms with E-state index in [9.17, 15) is 9.59 Å². The van der Waals surface area contributed by atoms with Gasteiger partial charge in [-0.1, -0.05) is 23.7 Å². The summed E-state index contributed by atoms with van der Waals surface area (Å²) >= 11 is 5.75. The summed E-state index contributed by atoms with van der Waals surface area (Å²) in [6.45, 7) is -0.390. The van der Waals surface area contributed by atoms with Gasteiger partial charge in [0.2, 0.25) is 0 Å². The molecule has 120 valence electrons. The molecular weight excluding hydrogens is 328 g/mol. The van der Waals surface area contributed by atoms with Gasteiger partial charge in [-0.05, 0) is 48.0 Å². The topological polar surface area (TPSA) is 79.2 Å². The summed E-state index contributed by atoms with van der Waals surface area (Å²) in [7, 11) is 0. The van der Waals surface area contributed by atoms with Crippen LogP contribution in [0, 0.1) is 11.3 Å². The number of carbonyl (C=O) groups excluding carboxylic acids is 2. The largest absolute Gasteiger partial charge is 0.452 e. The number of ether oxygens (including phenoxy) is 1. The van der Waals surface area contributed by atoms with Crippen molar-refractivity contribution in [2.45, 2.75) is 0 Å². The molecule has 0 saturated heterocycles. The zero-order valence-electron chi connectivity index (χ0n) is 12.5. The van der Waals surface area contributed by atoms with Crippen molar-refractivity contribution in [2.75, 3.05) is 11.9 Å². The molecule has 0 saturated carbocycles. The number of halogens is 1. The SMILES string of the molecule is N#Cc1ccc(/C=C/C(=O)OCC(=O)Nc2ccc(Cl)cc2)cc1. The van der Waals surface area contributed by atoms with Crippen LogP contribution in [0.15, 0.2) is 54.6 Å². The van der Waals surface area contributed by atoms with Crippen molar-refractivity contribution in [3.05, 3.63) is 70.8 Å². The molecule has 2 aromatic rings. The Morgan fingerprint density at radius 1 is 1.12 bits per heavy atom. The summed E-state index contributed by atoms with van der Waals surface area (Å²) in [4.78, 5) is 23.3. The Bertz CT molecular complexity index is 791.